The van der Waals surface area contributed by atoms with Crippen molar-refractivity contribution in [1.29, 1.82) is 0 Å². The lowest BCUT2D eigenvalue weighted by Crippen LogP contribution is -2.43. The molecule has 1 aliphatic heterocycles. The van der Waals surface area contributed by atoms with Crippen molar-refractivity contribution in [3.8, 4) is 0 Å². The molecular weight excluding hydrogens is 276 g/mol. The Hall–Kier alpha value is -1.84. The Bertz CT molecular complexity index is 532. The standard InChI is InChI=1S/C18H26N2O2/c1-13(2)12-19-17(21)15-7-9-20(10-8-15)18(22)16-6-4-5-14(3)11-16/h4-6,11,13,15H,7-10,12H2,1-3H3,(H,19,21). The van der Waals surface area contributed by atoms with Gasteiger partial charge in [-0.25, -0.2) is 0 Å². The van der Waals surface area contributed by atoms with E-state index in [0.717, 1.165) is 30.5 Å². The summed E-state index contributed by atoms with van der Waals surface area (Å²) < 4.78 is 0. The van der Waals surface area contributed by atoms with Gasteiger partial charge in [0.1, 0.15) is 0 Å². The van der Waals surface area contributed by atoms with E-state index < -0.39 is 0 Å². The molecule has 1 aromatic carbocycles. The van der Waals surface area contributed by atoms with Gasteiger partial charge >= 0.3 is 0 Å². The fourth-order valence-corrected chi connectivity index (χ4v) is 2.75. The molecule has 2 amide bonds. The molecule has 4 heteroatoms. The van der Waals surface area contributed by atoms with E-state index in [1.807, 2.05) is 36.1 Å². The maximum atomic E-state index is 12.5. The van der Waals surface area contributed by atoms with E-state index >= 15 is 0 Å². The van der Waals surface area contributed by atoms with Crippen LogP contribution in [-0.2, 0) is 4.79 Å². The molecule has 1 aliphatic rings. The van der Waals surface area contributed by atoms with Crippen LogP contribution in [0.25, 0.3) is 0 Å². The van der Waals surface area contributed by atoms with E-state index in [0.29, 0.717) is 19.0 Å². The molecule has 1 N–H and O–H groups in total. The quantitative estimate of drug-likeness (QED) is 0.929. The van der Waals surface area contributed by atoms with Crippen LogP contribution in [0.2, 0.25) is 0 Å². The van der Waals surface area contributed by atoms with E-state index in [9.17, 15) is 9.59 Å². The number of hydrogen-bond acceptors (Lipinski definition) is 2. The summed E-state index contributed by atoms with van der Waals surface area (Å²) >= 11 is 0. The molecule has 0 saturated carbocycles. The molecule has 2 rings (SSSR count). The van der Waals surface area contributed by atoms with Crippen molar-refractivity contribution in [2.75, 3.05) is 19.6 Å². The SMILES string of the molecule is Cc1cccc(C(=O)N2CCC(C(=O)NCC(C)C)CC2)c1. The minimum Gasteiger partial charge on any atom is -0.356 e. The second-order valence-electron chi connectivity index (χ2n) is 6.57. The van der Waals surface area contributed by atoms with Crippen molar-refractivity contribution in [3.05, 3.63) is 35.4 Å². The molecule has 120 valence electrons. The van der Waals surface area contributed by atoms with E-state index in [2.05, 4.69) is 19.2 Å². The van der Waals surface area contributed by atoms with E-state index in [1.54, 1.807) is 0 Å². The van der Waals surface area contributed by atoms with Crippen molar-refractivity contribution < 1.29 is 9.59 Å². The monoisotopic (exact) mass is 302 g/mol. The maximum absolute atomic E-state index is 12.5. The lowest BCUT2D eigenvalue weighted by molar-refractivity contribution is -0.126. The van der Waals surface area contributed by atoms with Crippen LogP contribution in [0.3, 0.4) is 0 Å². The number of hydrogen-bond donors (Lipinski definition) is 1. The predicted octanol–water partition coefficient (Wildman–Crippen LogP) is 2.62. The van der Waals surface area contributed by atoms with Crippen LogP contribution in [0.4, 0.5) is 0 Å². The van der Waals surface area contributed by atoms with Crippen LogP contribution in [0, 0.1) is 18.8 Å². The first kappa shape index (κ1) is 16.5. The summed E-state index contributed by atoms with van der Waals surface area (Å²) in [6.45, 7) is 8.20. The smallest absolute Gasteiger partial charge is 0.253 e. The summed E-state index contributed by atoms with van der Waals surface area (Å²) in [5.74, 6) is 0.716. The molecule has 0 bridgehead atoms. The normalized spacial score (nSPS) is 15.9. The number of carbonyl (C=O) groups is 2. The Morgan fingerprint density at radius 2 is 1.95 bits per heavy atom. The van der Waals surface area contributed by atoms with Crippen molar-refractivity contribution in [2.45, 2.75) is 33.6 Å². The minimum absolute atomic E-state index is 0.0420. The van der Waals surface area contributed by atoms with Gasteiger partial charge in [0.05, 0.1) is 0 Å². The Morgan fingerprint density at radius 3 is 2.55 bits per heavy atom. The highest BCUT2D eigenvalue weighted by Crippen LogP contribution is 2.19. The maximum Gasteiger partial charge on any atom is 0.253 e. The number of nitrogens with zero attached hydrogens (tertiary/aromatic N) is 1. The number of rotatable bonds is 4. The molecule has 1 fully saturated rings. The first-order valence-corrected chi connectivity index (χ1v) is 8.11. The van der Waals surface area contributed by atoms with E-state index in [1.165, 1.54) is 0 Å². The molecule has 0 aromatic heterocycles. The Morgan fingerprint density at radius 1 is 1.27 bits per heavy atom. The summed E-state index contributed by atoms with van der Waals surface area (Å²) in [5, 5.41) is 2.99. The van der Waals surface area contributed by atoms with Crippen LogP contribution in [0.5, 0.6) is 0 Å². The number of carbonyl (C=O) groups excluding carboxylic acids is 2. The fraction of sp³-hybridized carbons (Fsp3) is 0.556. The van der Waals surface area contributed by atoms with Crippen molar-refractivity contribution in [3.63, 3.8) is 0 Å². The number of amides is 2. The molecule has 0 atom stereocenters. The Balaban J connectivity index is 1.86. The van der Waals surface area contributed by atoms with Crippen molar-refractivity contribution in [1.82, 2.24) is 10.2 Å². The highest BCUT2D eigenvalue weighted by molar-refractivity contribution is 5.94. The van der Waals surface area contributed by atoms with E-state index in [-0.39, 0.29) is 17.7 Å². The minimum atomic E-state index is 0.0420. The van der Waals surface area contributed by atoms with Gasteiger partial charge < -0.3 is 10.2 Å². The van der Waals surface area contributed by atoms with Crippen LogP contribution in [0.15, 0.2) is 24.3 Å². The van der Waals surface area contributed by atoms with Crippen LogP contribution in [0.1, 0.15) is 42.6 Å². The first-order valence-electron chi connectivity index (χ1n) is 8.11. The molecule has 1 saturated heterocycles. The lowest BCUT2D eigenvalue weighted by Gasteiger charge is -2.31. The average molecular weight is 302 g/mol. The molecule has 0 radical (unpaired) electrons. The molecular formula is C18H26N2O2. The average Bonchev–Trinajstić information content (AvgIpc) is 2.52. The zero-order valence-electron chi connectivity index (χ0n) is 13.8. The summed E-state index contributed by atoms with van der Waals surface area (Å²) in [6, 6.07) is 7.68. The van der Waals surface area contributed by atoms with Gasteiger partial charge in [0.2, 0.25) is 5.91 Å². The van der Waals surface area contributed by atoms with Crippen LogP contribution >= 0.6 is 0 Å². The number of likely N-dealkylation sites (tertiary alicyclic amines) is 1. The van der Waals surface area contributed by atoms with Crippen LogP contribution in [-0.4, -0.2) is 36.3 Å². The summed E-state index contributed by atoms with van der Waals surface area (Å²) in [7, 11) is 0. The highest BCUT2D eigenvalue weighted by Gasteiger charge is 2.27. The molecule has 1 aromatic rings. The van der Waals surface area contributed by atoms with Crippen LogP contribution < -0.4 is 5.32 Å². The zero-order chi connectivity index (χ0) is 16.1. The molecule has 1 heterocycles. The predicted molar refractivity (Wildman–Crippen MR) is 87.7 cm³/mol. The first-order chi connectivity index (χ1) is 10.5. The van der Waals surface area contributed by atoms with Gasteiger partial charge in [0.15, 0.2) is 0 Å². The topological polar surface area (TPSA) is 49.4 Å². The number of piperidine rings is 1. The van der Waals surface area contributed by atoms with Gasteiger partial charge in [-0.15, -0.1) is 0 Å². The third-order valence-corrected chi connectivity index (χ3v) is 4.10. The number of nitrogens with one attached hydrogen (secondary N) is 1. The third kappa shape index (κ3) is 4.33. The molecule has 0 unspecified atom stereocenters. The van der Waals surface area contributed by atoms with Gasteiger partial charge in [-0.1, -0.05) is 31.5 Å². The molecule has 22 heavy (non-hydrogen) atoms. The van der Waals surface area contributed by atoms with Crippen molar-refractivity contribution in [2.24, 2.45) is 11.8 Å². The van der Waals surface area contributed by atoms with Gasteiger partial charge in [0.25, 0.3) is 5.91 Å². The van der Waals surface area contributed by atoms with Gasteiger partial charge in [-0.05, 0) is 37.8 Å². The summed E-state index contributed by atoms with van der Waals surface area (Å²) in [5.41, 5.74) is 1.83. The molecule has 0 spiro atoms. The van der Waals surface area contributed by atoms with Crippen molar-refractivity contribution >= 4 is 11.8 Å². The summed E-state index contributed by atoms with van der Waals surface area (Å²) in [6.07, 6.45) is 1.50. The fourth-order valence-electron chi connectivity index (χ4n) is 2.75. The number of benzene rings is 1. The van der Waals surface area contributed by atoms with Gasteiger partial charge in [-0.2, -0.15) is 0 Å². The largest absolute Gasteiger partial charge is 0.356 e. The molecule has 4 nitrogen and oxygen atoms in total. The number of aryl methyl sites for hydroxylation is 1. The molecule has 0 aliphatic carbocycles. The summed E-state index contributed by atoms with van der Waals surface area (Å²) in [4.78, 5) is 26.4. The van der Waals surface area contributed by atoms with Gasteiger partial charge in [-0.3, -0.25) is 9.59 Å². The lowest BCUT2D eigenvalue weighted by atomic mass is 9.95. The van der Waals surface area contributed by atoms with Gasteiger partial charge in [0, 0.05) is 31.1 Å². The highest BCUT2D eigenvalue weighted by atomic mass is 16.2. The second kappa shape index (κ2) is 7.43. The van der Waals surface area contributed by atoms with E-state index in [4.69, 9.17) is 0 Å². The third-order valence-electron chi connectivity index (χ3n) is 4.10. The zero-order valence-corrected chi connectivity index (χ0v) is 13.8. The Labute approximate surface area is 132 Å². The Kier molecular flexibility index (Phi) is 5.58. The second-order valence-corrected chi connectivity index (χ2v) is 6.57.